The van der Waals surface area contributed by atoms with Crippen LogP contribution >= 0.6 is 0 Å². The number of carbonyl (C=O) groups excluding carboxylic acids is 1. The molecule has 1 N–H and O–H groups in total. The van der Waals surface area contributed by atoms with Gasteiger partial charge in [0.05, 0.1) is 29.2 Å². The number of ether oxygens (including phenoxy) is 1. The van der Waals surface area contributed by atoms with E-state index in [0.29, 0.717) is 9.87 Å². The smallest absolute Gasteiger partial charge is 0.271 e. The molecule has 0 aliphatic carbocycles. The number of carbonyl (C=O) groups is 1. The summed E-state index contributed by atoms with van der Waals surface area (Å²) in [6.45, 7) is 0.994. The van der Waals surface area contributed by atoms with Crippen LogP contribution < -0.4 is 14.4 Å². The molecule has 1 atom stereocenters. The van der Waals surface area contributed by atoms with Gasteiger partial charge in [0.1, 0.15) is 18.0 Å². The number of nitrogens with zero attached hydrogens (tertiary/aromatic N) is 2. The molecule has 0 heterocycles. The number of hydrogen-bond acceptors (Lipinski definition) is 8. The molecule has 0 saturated carbocycles. The molecule has 0 aromatic heterocycles. The van der Waals surface area contributed by atoms with E-state index >= 15 is 0 Å². The number of anilines is 1. The third-order valence-corrected chi connectivity index (χ3v) is 6.77. The number of methoxy groups -OCH3 is 1. The fourth-order valence-electron chi connectivity index (χ4n) is 2.87. The third-order valence-electron chi connectivity index (χ3n) is 4.52. The average molecular weight is 486 g/mol. The molecule has 0 radical (unpaired) electrons. The summed E-state index contributed by atoms with van der Waals surface area (Å²) in [5.41, 5.74) is 0.0864. The lowest BCUT2D eigenvalue weighted by molar-refractivity contribution is -0.384. The Balaban J connectivity index is 2.28. The fraction of sp³-hybridized carbons (Fsp3) is 0.316. The number of hydrogen-bond donors (Lipinski definition) is 1. The zero-order chi connectivity index (χ0) is 24.3. The van der Waals surface area contributed by atoms with Crippen LogP contribution in [0.4, 0.5) is 11.4 Å². The van der Waals surface area contributed by atoms with Crippen molar-refractivity contribution < 1.29 is 31.3 Å². The third kappa shape index (κ3) is 6.17. The van der Waals surface area contributed by atoms with Crippen LogP contribution in [0.1, 0.15) is 18.5 Å². The van der Waals surface area contributed by atoms with E-state index in [4.69, 9.17) is 4.74 Å². The first-order chi connectivity index (χ1) is 14.7. The first-order valence-corrected chi connectivity index (χ1v) is 12.9. The maximum Gasteiger partial charge on any atom is 0.271 e. The summed E-state index contributed by atoms with van der Waals surface area (Å²) < 4.78 is 53.7. The highest BCUT2D eigenvalue weighted by molar-refractivity contribution is 7.92. The topological polar surface area (TPSA) is 153 Å². The zero-order valence-electron chi connectivity index (χ0n) is 17.8. The highest BCUT2D eigenvalue weighted by Gasteiger charge is 2.26. The molecule has 0 aliphatic heterocycles. The largest absolute Gasteiger partial charge is 0.495 e. The molecule has 174 valence electrons. The van der Waals surface area contributed by atoms with Crippen LogP contribution in [0.3, 0.4) is 0 Å². The van der Waals surface area contributed by atoms with Crippen molar-refractivity contribution in [3.8, 4) is 5.75 Å². The molecule has 0 spiro atoms. The summed E-state index contributed by atoms with van der Waals surface area (Å²) in [7, 11) is -6.10. The maximum atomic E-state index is 12.6. The Morgan fingerprint density at radius 2 is 1.72 bits per heavy atom. The number of nitro groups is 1. The van der Waals surface area contributed by atoms with Gasteiger partial charge in [-0.15, -0.1) is 0 Å². The van der Waals surface area contributed by atoms with Crippen molar-refractivity contribution in [2.75, 3.05) is 30.5 Å². The van der Waals surface area contributed by atoms with Crippen molar-refractivity contribution in [2.24, 2.45) is 0 Å². The SMILES string of the molecule is COc1ccc([N+](=O)[O-])cc1N(CC(=O)NC(C)c1ccc(S(C)(=O)=O)cc1)S(C)(=O)=O. The van der Waals surface area contributed by atoms with Crippen molar-refractivity contribution in [1.29, 1.82) is 0 Å². The molecular formula is C19H23N3O8S2. The fourth-order valence-corrected chi connectivity index (χ4v) is 4.35. The summed E-state index contributed by atoms with van der Waals surface area (Å²) >= 11 is 0. The number of amides is 1. The first kappa shape index (κ1) is 25.1. The van der Waals surface area contributed by atoms with Gasteiger partial charge in [0, 0.05) is 18.4 Å². The molecule has 0 aliphatic rings. The molecule has 0 fully saturated rings. The van der Waals surface area contributed by atoms with Crippen LogP contribution in [-0.2, 0) is 24.7 Å². The van der Waals surface area contributed by atoms with Crippen LogP contribution in [0.15, 0.2) is 47.4 Å². The maximum absolute atomic E-state index is 12.6. The van der Waals surface area contributed by atoms with Crippen LogP contribution in [0.2, 0.25) is 0 Å². The van der Waals surface area contributed by atoms with Crippen molar-refractivity contribution in [1.82, 2.24) is 5.32 Å². The lowest BCUT2D eigenvalue weighted by Gasteiger charge is -2.24. The van der Waals surface area contributed by atoms with Crippen LogP contribution in [0.5, 0.6) is 5.75 Å². The Kier molecular flexibility index (Phi) is 7.46. The zero-order valence-corrected chi connectivity index (χ0v) is 19.4. The number of nitro benzene ring substituents is 1. The number of rotatable bonds is 9. The Morgan fingerprint density at radius 1 is 1.12 bits per heavy atom. The Bertz CT molecular complexity index is 1230. The minimum absolute atomic E-state index is 0.0400. The highest BCUT2D eigenvalue weighted by atomic mass is 32.2. The van der Waals surface area contributed by atoms with Gasteiger partial charge in [-0.2, -0.15) is 0 Å². The van der Waals surface area contributed by atoms with E-state index in [-0.39, 0.29) is 22.0 Å². The van der Waals surface area contributed by atoms with E-state index in [1.165, 1.54) is 25.3 Å². The van der Waals surface area contributed by atoms with E-state index in [1.807, 2.05) is 0 Å². The van der Waals surface area contributed by atoms with Crippen molar-refractivity contribution in [3.05, 3.63) is 58.1 Å². The minimum atomic E-state index is -4.01. The summed E-state index contributed by atoms with van der Waals surface area (Å²) in [4.78, 5) is 23.2. The minimum Gasteiger partial charge on any atom is -0.495 e. The molecule has 1 amide bonds. The van der Waals surface area contributed by atoms with E-state index in [2.05, 4.69) is 5.32 Å². The standard InChI is InChI=1S/C19H23N3O8S2/c1-13(14-5-8-16(9-6-14)31(3,26)27)20-19(23)12-21(32(4,28)29)17-11-15(22(24)25)7-10-18(17)30-2/h5-11,13H,12H2,1-4H3,(H,20,23). The summed E-state index contributed by atoms with van der Waals surface area (Å²) in [6, 6.07) is 8.75. The number of sulfonamides is 1. The number of non-ortho nitro benzene ring substituents is 1. The Morgan fingerprint density at radius 3 is 2.19 bits per heavy atom. The predicted molar refractivity (Wildman–Crippen MR) is 118 cm³/mol. The van der Waals surface area contributed by atoms with Gasteiger partial charge in [0.25, 0.3) is 5.69 Å². The normalized spacial score (nSPS) is 12.6. The van der Waals surface area contributed by atoms with E-state index in [1.54, 1.807) is 19.1 Å². The molecule has 2 rings (SSSR count). The van der Waals surface area contributed by atoms with Gasteiger partial charge in [-0.1, -0.05) is 12.1 Å². The molecule has 13 heteroatoms. The van der Waals surface area contributed by atoms with Crippen LogP contribution in [0.25, 0.3) is 0 Å². The van der Waals surface area contributed by atoms with Crippen LogP contribution in [0, 0.1) is 10.1 Å². The van der Waals surface area contributed by atoms with Gasteiger partial charge in [-0.3, -0.25) is 19.2 Å². The number of sulfone groups is 1. The molecule has 11 nitrogen and oxygen atoms in total. The summed E-state index contributed by atoms with van der Waals surface area (Å²) in [5, 5.41) is 13.7. The Labute approximate surface area is 186 Å². The number of benzene rings is 2. The molecule has 0 bridgehead atoms. The van der Waals surface area contributed by atoms with Gasteiger partial charge in [0.15, 0.2) is 9.84 Å². The summed E-state index contributed by atoms with van der Waals surface area (Å²) in [6.07, 6.45) is 1.95. The Hall–Kier alpha value is -3.19. The quantitative estimate of drug-likeness (QED) is 0.415. The predicted octanol–water partition coefficient (Wildman–Crippen LogP) is 1.65. The van der Waals surface area contributed by atoms with Gasteiger partial charge >= 0.3 is 0 Å². The van der Waals surface area contributed by atoms with Crippen LogP contribution in [-0.4, -0.2) is 53.8 Å². The number of nitrogens with one attached hydrogen (secondary N) is 1. The van der Waals surface area contributed by atoms with E-state index in [9.17, 15) is 31.7 Å². The van der Waals surface area contributed by atoms with Gasteiger partial charge < -0.3 is 10.1 Å². The summed E-state index contributed by atoms with van der Waals surface area (Å²) in [5.74, 6) is -0.637. The molecule has 0 saturated heterocycles. The lowest BCUT2D eigenvalue weighted by Crippen LogP contribution is -2.41. The van der Waals surface area contributed by atoms with E-state index < -0.39 is 43.3 Å². The second-order valence-electron chi connectivity index (χ2n) is 7.01. The second-order valence-corrected chi connectivity index (χ2v) is 10.9. The average Bonchev–Trinajstić information content (AvgIpc) is 2.70. The van der Waals surface area contributed by atoms with Gasteiger partial charge in [-0.25, -0.2) is 16.8 Å². The van der Waals surface area contributed by atoms with Crippen molar-refractivity contribution in [2.45, 2.75) is 17.9 Å². The molecular weight excluding hydrogens is 462 g/mol. The molecule has 2 aromatic carbocycles. The second kappa shape index (κ2) is 9.53. The molecule has 2 aromatic rings. The van der Waals surface area contributed by atoms with Gasteiger partial charge in [-0.05, 0) is 30.7 Å². The van der Waals surface area contributed by atoms with E-state index in [0.717, 1.165) is 24.6 Å². The molecule has 1 unspecified atom stereocenters. The van der Waals surface area contributed by atoms with Crippen molar-refractivity contribution >= 4 is 37.1 Å². The first-order valence-electron chi connectivity index (χ1n) is 9.13. The molecule has 32 heavy (non-hydrogen) atoms. The monoisotopic (exact) mass is 485 g/mol. The highest BCUT2D eigenvalue weighted by Crippen LogP contribution is 2.33. The lowest BCUT2D eigenvalue weighted by atomic mass is 10.1. The van der Waals surface area contributed by atoms with Crippen molar-refractivity contribution in [3.63, 3.8) is 0 Å². The van der Waals surface area contributed by atoms with Gasteiger partial charge in [0.2, 0.25) is 15.9 Å².